The van der Waals surface area contributed by atoms with Crippen LogP contribution >= 0.6 is 0 Å². The largest absolute Gasteiger partial charge is 0.497 e. The Hall–Kier alpha value is -2.39. The quantitative estimate of drug-likeness (QED) is 0.816. The number of rotatable bonds is 6. The summed E-state index contributed by atoms with van der Waals surface area (Å²) in [6.07, 6.45) is 0. The predicted octanol–water partition coefficient (Wildman–Crippen LogP) is 2.90. The van der Waals surface area contributed by atoms with E-state index in [9.17, 15) is 0 Å². The lowest BCUT2D eigenvalue weighted by Crippen LogP contribution is -2.27. The van der Waals surface area contributed by atoms with Crippen molar-refractivity contribution in [3.63, 3.8) is 0 Å². The summed E-state index contributed by atoms with van der Waals surface area (Å²) in [5.74, 6) is 1.75. The fourth-order valence-corrected chi connectivity index (χ4v) is 2.07. The van der Waals surface area contributed by atoms with E-state index >= 15 is 0 Å². The van der Waals surface area contributed by atoms with Crippen molar-refractivity contribution in [2.24, 2.45) is 5.92 Å². The molecule has 1 aromatic heterocycles. The molecule has 0 saturated heterocycles. The Morgan fingerprint density at radius 3 is 2.55 bits per heavy atom. The summed E-state index contributed by atoms with van der Waals surface area (Å²) in [5.41, 5.74) is 0.847. The van der Waals surface area contributed by atoms with Crippen molar-refractivity contribution >= 4 is 0 Å². The molecule has 1 heterocycles. The highest BCUT2D eigenvalue weighted by molar-refractivity contribution is 5.53. The number of ether oxygens (including phenoxy) is 1. The van der Waals surface area contributed by atoms with Crippen LogP contribution in [0.2, 0.25) is 0 Å². The van der Waals surface area contributed by atoms with Gasteiger partial charge in [0.1, 0.15) is 5.75 Å². The molecule has 1 aromatic carbocycles. The minimum atomic E-state index is -0.0460. The van der Waals surface area contributed by atoms with Gasteiger partial charge < -0.3 is 9.15 Å². The van der Waals surface area contributed by atoms with Crippen molar-refractivity contribution in [2.75, 3.05) is 20.7 Å². The minimum absolute atomic E-state index is 0.0450. The Balaban J connectivity index is 2.11. The molecule has 6 nitrogen and oxygen atoms in total. The van der Waals surface area contributed by atoms with Crippen LogP contribution in [0.3, 0.4) is 0 Å². The Labute approximate surface area is 130 Å². The topological polar surface area (TPSA) is 75.2 Å². The third-order valence-electron chi connectivity index (χ3n) is 3.58. The molecule has 22 heavy (non-hydrogen) atoms. The summed E-state index contributed by atoms with van der Waals surface area (Å²) in [6.45, 7) is 4.52. The molecule has 0 radical (unpaired) electrons. The lowest BCUT2D eigenvalue weighted by molar-refractivity contribution is 0.212. The van der Waals surface area contributed by atoms with E-state index in [0.29, 0.717) is 18.3 Å². The average Bonchev–Trinajstić information content (AvgIpc) is 3.03. The number of nitriles is 1. The van der Waals surface area contributed by atoms with Crippen LogP contribution in [-0.2, 0) is 0 Å². The fraction of sp³-hybridized carbons (Fsp3) is 0.438. The Bertz CT molecular complexity index is 645. The van der Waals surface area contributed by atoms with Gasteiger partial charge in [-0.1, -0.05) is 0 Å². The van der Waals surface area contributed by atoms with Gasteiger partial charge in [0, 0.05) is 12.1 Å². The van der Waals surface area contributed by atoms with Crippen molar-refractivity contribution in [2.45, 2.75) is 19.9 Å². The molecule has 0 fully saturated rings. The summed E-state index contributed by atoms with van der Waals surface area (Å²) in [6, 6.07) is 9.63. The molecule has 6 heteroatoms. The van der Waals surface area contributed by atoms with Gasteiger partial charge in [-0.2, -0.15) is 5.26 Å². The zero-order chi connectivity index (χ0) is 16.1. The molecular weight excluding hydrogens is 280 g/mol. The fourth-order valence-electron chi connectivity index (χ4n) is 2.07. The number of aromatic nitrogens is 2. The summed E-state index contributed by atoms with van der Waals surface area (Å²) in [7, 11) is 3.56. The highest BCUT2D eigenvalue weighted by Gasteiger charge is 2.20. The predicted molar refractivity (Wildman–Crippen MR) is 82.1 cm³/mol. The van der Waals surface area contributed by atoms with Gasteiger partial charge in [0.15, 0.2) is 0 Å². The number of benzene rings is 1. The van der Waals surface area contributed by atoms with Crippen molar-refractivity contribution < 1.29 is 9.15 Å². The van der Waals surface area contributed by atoms with Crippen LogP contribution in [0.15, 0.2) is 28.7 Å². The molecule has 0 N–H and O–H groups in total. The van der Waals surface area contributed by atoms with Gasteiger partial charge in [-0.15, -0.1) is 10.2 Å². The van der Waals surface area contributed by atoms with E-state index in [0.717, 1.165) is 11.3 Å². The third-order valence-corrected chi connectivity index (χ3v) is 3.58. The highest BCUT2D eigenvalue weighted by Crippen LogP contribution is 2.25. The molecule has 116 valence electrons. The third kappa shape index (κ3) is 3.62. The smallest absolute Gasteiger partial charge is 0.247 e. The maximum absolute atomic E-state index is 8.89. The minimum Gasteiger partial charge on any atom is -0.497 e. The van der Waals surface area contributed by atoms with Crippen LogP contribution < -0.4 is 4.74 Å². The van der Waals surface area contributed by atoms with Crippen LogP contribution in [0.4, 0.5) is 0 Å². The van der Waals surface area contributed by atoms with Crippen molar-refractivity contribution in [1.82, 2.24) is 15.1 Å². The van der Waals surface area contributed by atoms with E-state index in [1.807, 2.05) is 50.1 Å². The monoisotopic (exact) mass is 300 g/mol. The number of methoxy groups -OCH3 is 1. The number of hydrogen-bond donors (Lipinski definition) is 0. The lowest BCUT2D eigenvalue weighted by atomic mass is 10.2. The summed E-state index contributed by atoms with van der Waals surface area (Å²) in [4.78, 5) is 2.03. The van der Waals surface area contributed by atoms with Gasteiger partial charge in [-0.3, -0.25) is 4.90 Å². The molecule has 0 spiro atoms. The molecule has 2 rings (SSSR count). The molecular formula is C16H20N4O2. The first-order valence-corrected chi connectivity index (χ1v) is 7.12. The van der Waals surface area contributed by atoms with E-state index in [-0.39, 0.29) is 12.0 Å². The van der Waals surface area contributed by atoms with Crippen LogP contribution in [0, 0.1) is 17.2 Å². The van der Waals surface area contributed by atoms with Crippen molar-refractivity contribution in [1.29, 1.82) is 5.26 Å². The van der Waals surface area contributed by atoms with Crippen LogP contribution in [0.25, 0.3) is 11.5 Å². The van der Waals surface area contributed by atoms with Gasteiger partial charge in [-0.25, -0.2) is 0 Å². The van der Waals surface area contributed by atoms with Gasteiger partial charge in [-0.05, 0) is 45.2 Å². The second-order valence-corrected chi connectivity index (χ2v) is 5.32. The van der Waals surface area contributed by atoms with Gasteiger partial charge in [0.25, 0.3) is 0 Å². The second-order valence-electron chi connectivity index (χ2n) is 5.32. The molecule has 2 atom stereocenters. The zero-order valence-corrected chi connectivity index (χ0v) is 13.3. The Kier molecular flexibility index (Phi) is 5.12. The molecule has 0 bridgehead atoms. The van der Waals surface area contributed by atoms with E-state index in [1.54, 1.807) is 7.11 Å². The summed E-state index contributed by atoms with van der Waals surface area (Å²) in [5, 5.41) is 17.1. The highest BCUT2D eigenvalue weighted by atomic mass is 16.5. The molecule has 0 unspecified atom stereocenters. The number of hydrogen-bond acceptors (Lipinski definition) is 6. The maximum atomic E-state index is 8.89. The normalized spacial score (nSPS) is 13.6. The van der Waals surface area contributed by atoms with Crippen molar-refractivity contribution in [3.05, 3.63) is 30.2 Å². The molecule has 0 aliphatic carbocycles. The summed E-state index contributed by atoms with van der Waals surface area (Å²) < 4.78 is 10.9. The molecule has 0 aliphatic rings. The first-order chi connectivity index (χ1) is 10.5. The Morgan fingerprint density at radius 1 is 1.27 bits per heavy atom. The standard InChI is InChI=1S/C16H20N4O2/c1-11(9-17)10-20(3)12(2)15-18-19-16(22-15)13-5-7-14(21-4)8-6-13/h5-8,11-12H,10H2,1-4H3/t11-,12-/m1/s1. The van der Waals surface area contributed by atoms with E-state index in [1.165, 1.54) is 0 Å². The van der Waals surface area contributed by atoms with Crippen LogP contribution in [0.1, 0.15) is 25.8 Å². The Morgan fingerprint density at radius 2 is 1.95 bits per heavy atom. The van der Waals surface area contributed by atoms with Crippen molar-refractivity contribution in [3.8, 4) is 23.3 Å². The zero-order valence-electron chi connectivity index (χ0n) is 13.3. The number of nitrogens with zero attached hydrogens (tertiary/aromatic N) is 4. The van der Waals surface area contributed by atoms with Gasteiger partial charge >= 0.3 is 0 Å². The molecule has 0 aliphatic heterocycles. The van der Waals surface area contributed by atoms with Gasteiger partial charge in [0.2, 0.25) is 11.8 Å². The average molecular weight is 300 g/mol. The first kappa shape index (κ1) is 16.0. The lowest BCUT2D eigenvalue weighted by Gasteiger charge is -2.22. The van der Waals surface area contributed by atoms with E-state index in [2.05, 4.69) is 16.3 Å². The van der Waals surface area contributed by atoms with Crippen LogP contribution in [0.5, 0.6) is 5.75 Å². The maximum Gasteiger partial charge on any atom is 0.247 e. The first-order valence-electron chi connectivity index (χ1n) is 7.12. The van der Waals surface area contributed by atoms with Crippen LogP contribution in [-0.4, -0.2) is 35.8 Å². The molecule has 2 aromatic rings. The summed E-state index contributed by atoms with van der Waals surface area (Å²) >= 11 is 0. The molecule has 0 amide bonds. The van der Waals surface area contributed by atoms with E-state index in [4.69, 9.17) is 14.4 Å². The van der Waals surface area contributed by atoms with E-state index < -0.39 is 0 Å². The SMILES string of the molecule is COc1ccc(-c2nnc([C@@H](C)N(C)C[C@H](C)C#N)o2)cc1. The molecule has 0 saturated carbocycles. The van der Waals surface area contributed by atoms with Gasteiger partial charge in [0.05, 0.1) is 25.1 Å². The second kappa shape index (κ2) is 7.05.